The van der Waals surface area contributed by atoms with E-state index < -0.39 is 18.5 Å². The molecule has 2 rings (SSSR count). The molecule has 0 unspecified atom stereocenters. The van der Waals surface area contributed by atoms with Crippen molar-refractivity contribution in [2.75, 3.05) is 13.2 Å². The number of ether oxygens (including phenoxy) is 2. The number of para-hydroxylation sites is 2. The molecule has 0 saturated carbocycles. The summed E-state index contributed by atoms with van der Waals surface area (Å²) < 4.78 is 10.6. The van der Waals surface area contributed by atoms with Crippen molar-refractivity contribution in [3.63, 3.8) is 0 Å². The van der Waals surface area contributed by atoms with E-state index in [1.165, 1.54) is 6.21 Å². The molecular formula is C18H18N2O5. The zero-order valence-corrected chi connectivity index (χ0v) is 13.6. The van der Waals surface area contributed by atoms with Crippen LogP contribution < -0.4 is 14.9 Å². The molecule has 2 aromatic rings. The number of carbonyl (C=O) groups excluding carboxylic acids is 1. The Labute approximate surface area is 144 Å². The molecule has 2 N–H and O–H groups in total. The van der Waals surface area contributed by atoms with Crippen LogP contribution in [0.15, 0.2) is 53.6 Å². The van der Waals surface area contributed by atoms with Gasteiger partial charge in [-0.2, -0.15) is 5.10 Å². The smallest absolute Gasteiger partial charge is 0.341 e. The number of aliphatic carboxylic acids is 1. The van der Waals surface area contributed by atoms with Gasteiger partial charge in [-0.25, -0.2) is 10.2 Å². The quantitative estimate of drug-likeness (QED) is 0.565. The van der Waals surface area contributed by atoms with Crippen molar-refractivity contribution in [3.05, 3.63) is 59.7 Å². The van der Waals surface area contributed by atoms with Gasteiger partial charge in [0.15, 0.2) is 13.2 Å². The molecule has 0 aromatic heterocycles. The number of rotatable bonds is 8. The first-order chi connectivity index (χ1) is 12.1. The number of nitrogens with zero attached hydrogens (tertiary/aromatic N) is 1. The van der Waals surface area contributed by atoms with Crippen molar-refractivity contribution in [1.82, 2.24) is 5.43 Å². The average molecular weight is 342 g/mol. The molecule has 0 spiro atoms. The van der Waals surface area contributed by atoms with Gasteiger partial charge < -0.3 is 14.6 Å². The fourth-order valence-electron chi connectivity index (χ4n) is 1.93. The monoisotopic (exact) mass is 342 g/mol. The molecule has 25 heavy (non-hydrogen) atoms. The van der Waals surface area contributed by atoms with Gasteiger partial charge >= 0.3 is 5.97 Å². The van der Waals surface area contributed by atoms with Gasteiger partial charge in [-0.05, 0) is 30.7 Å². The Morgan fingerprint density at radius 3 is 2.40 bits per heavy atom. The topological polar surface area (TPSA) is 97.2 Å². The third-order valence-corrected chi connectivity index (χ3v) is 3.12. The summed E-state index contributed by atoms with van der Waals surface area (Å²) in [6.45, 7) is 1.26. The van der Waals surface area contributed by atoms with Gasteiger partial charge in [-0.1, -0.05) is 30.3 Å². The maximum Gasteiger partial charge on any atom is 0.341 e. The Balaban J connectivity index is 1.87. The van der Waals surface area contributed by atoms with Crippen LogP contribution in [0.5, 0.6) is 11.5 Å². The van der Waals surface area contributed by atoms with Crippen LogP contribution in [0.25, 0.3) is 0 Å². The molecule has 0 saturated heterocycles. The van der Waals surface area contributed by atoms with Crippen molar-refractivity contribution in [2.24, 2.45) is 5.10 Å². The van der Waals surface area contributed by atoms with E-state index in [0.717, 1.165) is 5.56 Å². The number of amides is 1. The van der Waals surface area contributed by atoms with E-state index in [1.807, 2.05) is 25.1 Å². The van der Waals surface area contributed by atoms with Crippen molar-refractivity contribution >= 4 is 18.1 Å². The van der Waals surface area contributed by atoms with Crippen LogP contribution in [0, 0.1) is 6.92 Å². The molecular weight excluding hydrogens is 324 g/mol. The van der Waals surface area contributed by atoms with Crippen LogP contribution >= 0.6 is 0 Å². The fourth-order valence-corrected chi connectivity index (χ4v) is 1.93. The normalized spacial score (nSPS) is 10.4. The second-order valence-corrected chi connectivity index (χ2v) is 5.07. The Morgan fingerprint density at radius 2 is 1.68 bits per heavy atom. The van der Waals surface area contributed by atoms with E-state index in [4.69, 9.17) is 14.6 Å². The SMILES string of the molecule is Cc1ccccc1OCC(=O)N/N=C/c1ccccc1OCC(=O)O. The zero-order valence-electron chi connectivity index (χ0n) is 13.6. The van der Waals surface area contributed by atoms with E-state index in [0.29, 0.717) is 17.1 Å². The van der Waals surface area contributed by atoms with E-state index in [1.54, 1.807) is 30.3 Å². The van der Waals surface area contributed by atoms with Gasteiger partial charge in [-0.3, -0.25) is 4.79 Å². The van der Waals surface area contributed by atoms with E-state index in [9.17, 15) is 9.59 Å². The molecule has 1 amide bonds. The molecule has 7 nitrogen and oxygen atoms in total. The van der Waals surface area contributed by atoms with Crippen molar-refractivity contribution in [1.29, 1.82) is 0 Å². The van der Waals surface area contributed by atoms with Crippen LogP contribution in [-0.2, 0) is 9.59 Å². The maximum absolute atomic E-state index is 11.8. The van der Waals surface area contributed by atoms with Crippen molar-refractivity contribution < 1.29 is 24.2 Å². The minimum absolute atomic E-state index is 0.167. The summed E-state index contributed by atoms with van der Waals surface area (Å²) >= 11 is 0. The number of nitrogens with one attached hydrogen (secondary N) is 1. The van der Waals surface area contributed by atoms with Gasteiger partial charge in [0, 0.05) is 5.56 Å². The second-order valence-electron chi connectivity index (χ2n) is 5.07. The summed E-state index contributed by atoms with van der Waals surface area (Å²) in [5.74, 6) is -0.495. The third-order valence-electron chi connectivity index (χ3n) is 3.12. The highest BCUT2D eigenvalue weighted by Gasteiger charge is 2.05. The zero-order chi connectivity index (χ0) is 18.1. The van der Waals surface area contributed by atoms with Gasteiger partial charge in [0.05, 0.1) is 6.21 Å². The van der Waals surface area contributed by atoms with Crippen molar-refractivity contribution in [2.45, 2.75) is 6.92 Å². The molecule has 0 aliphatic heterocycles. The number of aryl methyl sites for hydroxylation is 1. The first kappa shape index (κ1) is 18.0. The highest BCUT2D eigenvalue weighted by molar-refractivity contribution is 5.85. The van der Waals surface area contributed by atoms with E-state index in [2.05, 4.69) is 10.5 Å². The first-order valence-electron chi connectivity index (χ1n) is 7.50. The lowest BCUT2D eigenvalue weighted by Crippen LogP contribution is -2.24. The summed E-state index contributed by atoms with van der Waals surface area (Å²) in [6.07, 6.45) is 1.38. The standard InChI is InChI=1S/C18H18N2O5/c1-13-6-2-4-8-15(13)24-11-17(21)20-19-10-14-7-3-5-9-16(14)25-12-18(22)23/h2-10H,11-12H2,1H3,(H,20,21)(H,22,23)/b19-10+. The third kappa shape index (κ3) is 5.98. The van der Waals surface area contributed by atoms with Crippen molar-refractivity contribution in [3.8, 4) is 11.5 Å². The molecule has 0 bridgehead atoms. The minimum Gasteiger partial charge on any atom is -0.483 e. The molecule has 0 aliphatic rings. The Morgan fingerprint density at radius 1 is 1.04 bits per heavy atom. The van der Waals surface area contributed by atoms with Crippen LogP contribution in [-0.4, -0.2) is 36.4 Å². The van der Waals surface area contributed by atoms with Gasteiger partial charge in [-0.15, -0.1) is 0 Å². The Hall–Kier alpha value is -3.35. The highest BCUT2D eigenvalue weighted by Crippen LogP contribution is 2.16. The Bertz CT molecular complexity index is 774. The number of hydrazone groups is 1. The summed E-state index contributed by atoms with van der Waals surface area (Å²) in [6, 6.07) is 14.1. The second kappa shape index (κ2) is 9.07. The predicted octanol–water partition coefficient (Wildman–Crippen LogP) is 1.99. The molecule has 130 valence electrons. The number of hydrogen-bond donors (Lipinski definition) is 2. The van der Waals surface area contributed by atoms with E-state index >= 15 is 0 Å². The molecule has 0 aliphatic carbocycles. The first-order valence-corrected chi connectivity index (χ1v) is 7.50. The average Bonchev–Trinajstić information content (AvgIpc) is 2.60. The largest absolute Gasteiger partial charge is 0.483 e. The van der Waals surface area contributed by atoms with Gasteiger partial charge in [0.25, 0.3) is 5.91 Å². The van der Waals surface area contributed by atoms with E-state index in [-0.39, 0.29) is 6.61 Å². The Kier molecular flexibility index (Phi) is 6.53. The van der Waals surface area contributed by atoms with Crippen LogP contribution in [0.1, 0.15) is 11.1 Å². The molecule has 0 atom stereocenters. The molecule has 0 fully saturated rings. The number of carboxylic acid groups (broad SMARTS) is 1. The van der Waals surface area contributed by atoms with Crippen LogP contribution in [0.3, 0.4) is 0 Å². The lowest BCUT2D eigenvalue weighted by Gasteiger charge is -2.08. The van der Waals surface area contributed by atoms with Crippen LogP contribution in [0.4, 0.5) is 0 Å². The molecule has 7 heteroatoms. The minimum atomic E-state index is -1.08. The lowest BCUT2D eigenvalue weighted by atomic mass is 10.2. The molecule has 0 radical (unpaired) electrons. The van der Waals surface area contributed by atoms with Crippen LogP contribution in [0.2, 0.25) is 0 Å². The number of carboxylic acids is 1. The fraction of sp³-hybridized carbons (Fsp3) is 0.167. The summed E-state index contributed by atoms with van der Waals surface area (Å²) in [5.41, 5.74) is 3.83. The summed E-state index contributed by atoms with van der Waals surface area (Å²) in [5, 5.41) is 12.5. The number of carbonyl (C=O) groups is 2. The predicted molar refractivity (Wildman–Crippen MR) is 92.0 cm³/mol. The van der Waals surface area contributed by atoms with Gasteiger partial charge in [0.1, 0.15) is 11.5 Å². The summed E-state index contributed by atoms with van der Waals surface area (Å²) in [4.78, 5) is 22.3. The maximum atomic E-state index is 11.8. The lowest BCUT2D eigenvalue weighted by molar-refractivity contribution is -0.139. The number of benzene rings is 2. The van der Waals surface area contributed by atoms with Gasteiger partial charge in [0.2, 0.25) is 0 Å². The molecule has 0 heterocycles. The molecule has 2 aromatic carbocycles. The highest BCUT2D eigenvalue weighted by atomic mass is 16.5. The number of hydrogen-bond acceptors (Lipinski definition) is 5. The summed E-state index contributed by atoms with van der Waals surface area (Å²) in [7, 11) is 0.